The maximum absolute atomic E-state index is 3.97. The van der Waals surface area contributed by atoms with Crippen molar-refractivity contribution in [3.63, 3.8) is 0 Å². The molecule has 1 aliphatic heterocycles. The van der Waals surface area contributed by atoms with Crippen molar-refractivity contribution in [2.75, 3.05) is 19.6 Å². The molecule has 0 amide bonds. The zero-order chi connectivity index (χ0) is 13.8. The number of likely N-dealkylation sites (N-methyl/N-ethyl adjacent to an activating group) is 1. The average molecular weight is 278 g/mol. The zero-order valence-corrected chi connectivity index (χ0v) is 13.5. The fourth-order valence-electron chi connectivity index (χ4n) is 5.46. The third-order valence-electron chi connectivity index (χ3n) is 6.33. The molecular formula is C18H34N2. The summed E-state index contributed by atoms with van der Waals surface area (Å²) in [4.78, 5) is 2.90. The van der Waals surface area contributed by atoms with Gasteiger partial charge >= 0.3 is 0 Å². The molecular weight excluding hydrogens is 244 g/mol. The molecule has 1 N–H and O–H groups in total. The Balaban J connectivity index is 1.81. The van der Waals surface area contributed by atoms with Crippen LogP contribution in [0.4, 0.5) is 0 Å². The van der Waals surface area contributed by atoms with Gasteiger partial charge < -0.3 is 5.32 Å². The maximum atomic E-state index is 3.97. The number of hydrogen-bond acceptors (Lipinski definition) is 2. The van der Waals surface area contributed by atoms with Crippen LogP contribution in [0.25, 0.3) is 0 Å². The molecule has 3 fully saturated rings. The van der Waals surface area contributed by atoms with Gasteiger partial charge in [-0.05, 0) is 64.1 Å². The van der Waals surface area contributed by atoms with Gasteiger partial charge in [-0.2, -0.15) is 0 Å². The Morgan fingerprint density at radius 2 is 1.60 bits per heavy atom. The van der Waals surface area contributed by atoms with Crippen molar-refractivity contribution >= 4 is 0 Å². The first-order valence-corrected chi connectivity index (χ1v) is 9.35. The SMILES string of the molecule is CCNC(C1CCCCC1)C1(N2CCCC2)CCCC1. The van der Waals surface area contributed by atoms with E-state index >= 15 is 0 Å². The molecule has 0 bridgehead atoms. The Morgan fingerprint density at radius 3 is 2.20 bits per heavy atom. The van der Waals surface area contributed by atoms with Crippen LogP contribution in [-0.4, -0.2) is 36.1 Å². The third kappa shape index (κ3) is 2.78. The second-order valence-electron chi connectivity index (χ2n) is 7.44. The molecule has 1 heterocycles. The number of nitrogens with one attached hydrogen (secondary N) is 1. The highest BCUT2D eigenvalue weighted by molar-refractivity contribution is 5.07. The van der Waals surface area contributed by atoms with Crippen molar-refractivity contribution in [3.05, 3.63) is 0 Å². The molecule has 0 spiro atoms. The monoisotopic (exact) mass is 278 g/mol. The highest BCUT2D eigenvalue weighted by Gasteiger charge is 2.48. The summed E-state index contributed by atoms with van der Waals surface area (Å²) in [6.07, 6.45) is 16.1. The standard InChI is InChI=1S/C18H34N2/c1-2-19-17(16-10-4-3-5-11-16)18(12-6-7-13-18)20-14-8-9-15-20/h16-17,19H,2-15H2,1H3. The van der Waals surface area contributed by atoms with Crippen molar-refractivity contribution in [1.82, 2.24) is 10.2 Å². The van der Waals surface area contributed by atoms with E-state index in [2.05, 4.69) is 17.1 Å². The van der Waals surface area contributed by atoms with Gasteiger partial charge in [0.2, 0.25) is 0 Å². The molecule has 0 aromatic carbocycles. The molecule has 0 aromatic heterocycles. The van der Waals surface area contributed by atoms with Crippen LogP contribution in [-0.2, 0) is 0 Å². The van der Waals surface area contributed by atoms with Crippen molar-refractivity contribution in [1.29, 1.82) is 0 Å². The molecule has 0 aromatic rings. The summed E-state index contributed by atoms with van der Waals surface area (Å²) in [7, 11) is 0. The fraction of sp³-hybridized carbons (Fsp3) is 1.00. The largest absolute Gasteiger partial charge is 0.312 e. The van der Waals surface area contributed by atoms with Gasteiger partial charge in [-0.1, -0.05) is 39.0 Å². The molecule has 0 radical (unpaired) electrons. The second-order valence-corrected chi connectivity index (χ2v) is 7.44. The quantitative estimate of drug-likeness (QED) is 0.819. The van der Waals surface area contributed by atoms with Crippen LogP contribution in [0.3, 0.4) is 0 Å². The van der Waals surface area contributed by atoms with Gasteiger partial charge in [0, 0.05) is 11.6 Å². The summed E-state index contributed by atoms with van der Waals surface area (Å²) < 4.78 is 0. The normalized spacial score (nSPS) is 29.9. The van der Waals surface area contributed by atoms with Crippen molar-refractivity contribution in [2.24, 2.45) is 5.92 Å². The minimum Gasteiger partial charge on any atom is -0.312 e. The van der Waals surface area contributed by atoms with E-state index in [0.29, 0.717) is 5.54 Å². The van der Waals surface area contributed by atoms with Crippen LogP contribution in [0.5, 0.6) is 0 Å². The molecule has 3 rings (SSSR count). The Labute approximate surface area is 125 Å². The molecule has 1 atom stereocenters. The van der Waals surface area contributed by atoms with E-state index in [-0.39, 0.29) is 0 Å². The van der Waals surface area contributed by atoms with Crippen molar-refractivity contribution < 1.29 is 0 Å². The van der Waals surface area contributed by atoms with Gasteiger partial charge in [0.1, 0.15) is 0 Å². The first-order valence-electron chi connectivity index (χ1n) is 9.35. The summed E-state index contributed by atoms with van der Waals surface area (Å²) in [5, 5.41) is 3.97. The first-order chi connectivity index (χ1) is 9.87. The molecule has 1 saturated heterocycles. The first kappa shape index (κ1) is 14.8. The maximum Gasteiger partial charge on any atom is 0.0365 e. The van der Waals surface area contributed by atoms with E-state index < -0.39 is 0 Å². The van der Waals surface area contributed by atoms with E-state index in [4.69, 9.17) is 0 Å². The Morgan fingerprint density at radius 1 is 0.950 bits per heavy atom. The lowest BCUT2D eigenvalue weighted by Crippen LogP contribution is -2.62. The number of hydrogen-bond donors (Lipinski definition) is 1. The van der Waals surface area contributed by atoms with E-state index in [0.717, 1.165) is 18.5 Å². The van der Waals surface area contributed by atoms with E-state index in [1.165, 1.54) is 83.7 Å². The van der Waals surface area contributed by atoms with Gasteiger partial charge in [0.25, 0.3) is 0 Å². The van der Waals surface area contributed by atoms with Crippen LogP contribution in [0, 0.1) is 5.92 Å². The fourth-order valence-corrected chi connectivity index (χ4v) is 5.46. The second kappa shape index (κ2) is 6.79. The Hall–Kier alpha value is -0.0800. The minimum atomic E-state index is 0.522. The smallest absolute Gasteiger partial charge is 0.0365 e. The molecule has 116 valence electrons. The molecule has 2 heteroatoms. The summed E-state index contributed by atoms with van der Waals surface area (Å²) in [6.45, 7) is 6.20. The predicted molar refractivity (Wildman–Crippen MR) is 86.0 cm³/mol. The number of rotatable bonds is 5. The topological polar surface area (TPSA) is 15.3 Å². The van der Waals surface area contributed by atoms with E-state index in [9.17, 15) is 0 Å². The third-order valence-corrected chi connectivity index (χ3v) is 6.33. The van der Waals surface area contributed by atoms with Gasteiger partial charge in [-0.25, -0.2) is 0 Å². The lowest BCUT2D eigenvalue weighted by atomic mass is 9.73. The Kier molecular flexibility index (Phi) is 5.04. The van der Waals surface area contributed by atoms with E-state index in [1.54, 1.807) is 0 Å². The molecule has 2 nitrogen and oxygen atoms in total. The van der Waals surface area contributed by atoms with Gasteiger partial charge in [-0.3, -0.25) is 4.90 Å². The van der Waals surface area contributed by atoms with Crippen LogP contribution < -0.4 is 5.32 Å². The predicted octanol–water partition coefficient (Wildman–Crippen LogP) is 3.95. The summed E-state index contributed by atoms with van der Waals surface area (Å²) in [5.74, 6) is 0.947. The molecule has 3 aliphatic rings. The zero-order valence-electron chi connectivity index (χ0n) is 13.5. The van der Waals surface area contributed by atoms with Gasteiger partial charge in [0.15, 0.2) is 0 Å². The average Bonchev–Trinajstić information content (AvgIpc) is 3.17. The summed E-state index contributed by atoms with van der Waals surface area (Å²) >= 11 is 0. The number of likely N-dealkylation sites (tertiary alicyclic amines) is 1. The molecule has 2 aliphatic carbocycles. The van der Waals surface area contributed by atoms with Crippen LogP contribution in [0.15, 0.2) is 0 Å². The molecule has 1 unspecified atom stereocenters. The van der Waals surface area contributed by atoms with Crippen LogP contribution in [0.1, 0.15) is 77.6 Å². The van der Waals surface area contributed by atoms with Crippen molar-refractivity contribution in [2.45, 2.75) is 89.1 Å². The molecule has 2 saturated carbocycles. The Bertz CT molecular complexity index is 284. The van der Waals surface area contributed by atoms with Crippen LogP contribution in [0.2, 0.25) is 0 Å². The minimum absolute atomic E-state index is 0.522. The lowest BCUT2D eigenvalue weighted by Gasteiger charge is -2.49. The summed E-state index contributed by atoms with van der Waals surface area (Å²) in [6, 6.07) is 0.772. The van der Waals surface area contributed by atoms with Crippen molar-refractivity contribution in [3.8, 4) is 0 Å². The molecule has 20 heavy (non-hydrogen) atoms. The highest BCUT2D eigenvalue weighted by atomic mass is 15.2. The lowest BCUT2D eigenvalue weighted by molar-refractivity contribution is 0.0413. The van der Waals surface area contributed by atoms with Gasteiger partial charge in [0.05, 0.1) is 0 Å². The van der Waals surface area contributed by atoms with E-state index in [1.807, 2.05) is 0 Å². The van der Waals surface area contributed by atoms with Crippen LogP contribution >= 0.6 is 0 Å². The summed E-state index contributed by atoms with van der Waals surface area (Å²) in [5.41, 5.74) is 0.522. The highest BCUT2D eigenvalue weighted by Crippen LogP contribution is 2.44. The van der Waals surface area contributed by atoms with Gasteiger partial charge in [-0.15, -0.1) is 0 Å². The number of nitrogens with zero attached hydrogens (tertiary/aromatic N) is 1.